The van der Waals surface area contributed by atoms with Crippen molar-refractivity contribution in [3.05, 3.63) is 42.0 Å². The average molecular weight is 300 g/mol. The van der Waals surface area contributed by atoms with Crippen LogP contribution in [0.3, 0.4) is 0 Å². The van der Waals surface area contributed by atoms with Crippen LogP contribution in [-0.2, 0) is 4.79 Å². The highest BCUT2D eigenvalue weighted by atomic mass is 16.2. The minimum absolute atomic E-state index is 0.213. The number of hydrogen-bond acceptors (Lipinski definition) is 2. The Balaban J connectivity index is 1.75. The maximum Gasteiger partial charge on any atom is 0.225 e. The van der Waals surface area contributed by atoms with E-state index in [1.54, 1.807) is 0 Å². The van der Waals surface area contributed by atoms with Crippen LogP contribution in [0.4, 0.5) is 0 Å². The lowest BCUT2D eigenvalue weighted by atomic mass is 10.0. The lowest BCUT2D eigenvalue weighted by molar-refractivity contribution is -0.137. The molecule has 0 aromatic heterocycles. The highest BCUT2D eigenvalue weighted by Crippen LogP contribution is 2.14. The molecule has 0 N–H and O–H groups in total. The summed E-state index contributed by atoms with van der Waals surface area (Å²) in [4.78, 5) is 16.8. The Morgan fingerprint density at radius 1 is 1.09 bits per heavy atom. The SMILES string of the molecule is CCC(CC)C(=O)N1CCN(C/C=C/c2ccccc2)CC1. The van der Waals surface area contributed by atoms with Gasteiger partial charge in [0.1, 0.15) is 0 Å². The molecular weight excluding hydrogens is 272 g/mol. The summed E-state index contributed by atoms with van der Waals surface area (Å²) in [6, 6.07) is 10.4. The standard InChI is InChI=1S/C19H28N2O/c1-3-18(4-2)19(22)21-15-13-20(14-16-21)12-8-11-17-9-6-5-7-10-17/h5-11,18H,3-4,12-16H2,1-2H3/b11-8+. The van der Waals surface area contributed by atoms with Gasteiger partial charge in [-0.3, -0.25) is 9.69 Å². The zero-order chi connectivity index (χ0) is 15.8. The average Bonchev–Trinajstić information content (AvgIpc) is 2.57. The first-order chi connectivity index (χ1) is 10.7. The van der Waals surface area contributed by atoms with Gasteiger partial charge < -0.3 is 4.90 Å². The summed E-state index contributed by atoms with van der Waals surface area (Å²) >= 11 is 0. The molecule has 1 aliphatic rings. The Labute approximate surface area is 134 Å². The second-order valence-corrected chi connectivity index (χ2v) is 5.95. The maximum atomic E-state index is 12.4. The quantitative estimate of drug-likeness (QED) is 0.805. The van der Waals surface area contributed by atoms with Gasteiger partial charge in [0.2, 0.25) is 5.91 Å². The Morgan fingerprint density at radius 2 is 1.73 bits per heavy atom. The molecule has 0 atom stereocenters. The lowest BCUT2D eigenvalue weighted by Gasteiger charge is -2.35. The summed E-state index contributed by atoms with van der Waals surface area (Å²) in [5, 5.41) is 0. The van der Waals surface area contributed by atoms with Crippen molar-refractivity contribution >= 4 is 12.0 Å². The Bertz CT molecular complexity index is 471. The van der Waals surface area contributed by atoms with Gasteiger partial charge in [-0.05, 0) is 18.4 Å². The predicted molar refractivity (Wildman–Crippen MR) is 92.6 cm³/mol. The van der Waals surface area contributed by atoms with Gasteiger partial charge in [-0.15, -0.1) is 0 Å². The molecule has 1 saturated heterocycles. The van der Waals surface area contributed by atoms with Gasteiger partial charge in [0.05, 0.1) is 0 Å². The molecule has 3 heteroatoms. The smallest absolute Gasteiger partial charge is 0.225 e. The van der Waals surface area contributed by atoms with E-state index < -0.39 is 0 Å². The van der Waals surface area contributed by atoms with Crippen LogP contribution in [-0.4, -0.2) is 48.4 Å². The maximum absolute atomic E-state index is 12.4. The predicted octanol–water partition coefficient (Wildman–Crippen LogP) is 3.28. The minimum Gasteiger partial charge on any atom is -0.340 e. The van der Waals surface area contributed by atoms with Crippen molar-refractivity contribution < 1.29 is 4.79 Å². The van der Waals surface area contributed by atoms with Crippen LogP contribution >= 0.6 is 0 Å². The van der Waals surface area contributed by atoms with E-state index in [0.717, 1.165) is 45.6 Å². The van der Waals surface area contributed by atoms with Gasteiger partial charge in [-0.1, -0.05) is 56.3 Å². The van der Waals surface area contributed by atoms with Crippen molar-refractivity contribution in [2.75, 3.05) is 32.7 Å². The fourth-order valence-corrected chi connectivity index (χ4v) is 2.95. The number of benzene rings is 1. The molecule has 0 unspecified atom stereocenters. The van der Waals surface area contributed by atoms with E-state index in [4.69, 9.17) is 0 Å². The molecule has 0 saturated carbocycles. The van der Waals surface area contributed by atoms with Crippen molar-refractivity contribution in [3.8, 4) is 0 Å². The molecule has 1 aromatic rings. The van der Waals surface area contributed by atoms with Crippen molar-refractivity contribution in [1.82, 2.24) is 9.80 Å². The molecule has 1 aromatic carbocycles. The summed E-state index contributed by atoms with van der Waals surface area (Å²) in [6.45, 7) is 8.87. The molecule has 3 nitrogen and oxygen atoms in total. The van der Waals surface area contributed by atoms with Crippen LogP contribution < -0.4 is 0 Å². The van der Waals surface area contributed by atoms with Crippen LogP contribution in [0.5, 0.6) is 0 Å². The third-order valence-electron chi connectivity index (χ3n) is 4.49. The number of hydrogen-bond donors (Lipinski definition) is 0. The molecule has 0 spiro atoms. The molecule has 1 amide bonds. The summed E-state index contributed by atoms with van der Waals surface area (Å²) in [5.74, 6) is 0.564. The third-order valence-corrected chi connectivity index (χ3v) is 4.49. The van der Waals surface area contributed by atoms with E-state index in [2.05, 4.69) is 60.1 Å². The van der Waals surface area contributed by atoms with Crippen LogP contribution in [0.15, 0.2) is 36.4 Å². The molecule has 120 valence electrons. The van der Waals surface area contributed by atoms with Crippen LogP contribution in [0, 0.1) is 5.92 Å². The van der Waals surface area contributed by atoms with Crippen molar-refractivity contribution in [2.24, 2.45) is 5.92 Å². The van der Waals surface area contributed by atoms with Gasteiger partial charge in [0, 0.05) is 38.6 Å². The fourth-order valence-electron chi connectivity index (χ4n) is 2.95. The summed E-state index contributed by atoms with van der Waals surface area (Å²) < 4.78 is 0. The number of nitrogens with zero attached hydrogens (tertiary/aromatic N) is 2. The normalized spacial score (nSPS) is 16.6. The Hall–Kier alpha value is -1.61. The van der Waals surface area contributed by atoms with E-state index in [9.17, 15) is 4.79 Å². The van der Waals surface area contributed by atoms with Crippen LogP contribution in [0.2, 0.25) is 0 Å². The number of piperazine rings is 1. The first-order valence-corrected chi connectivity index (χ1v) is 8.47. The van der Waals surface area contributed by atoms with Gasteiger partial charge in [0.25, 0.3) is 0 Å². The molecule has 1 heterocycles. The Morgan fingerprint density at radius 3 is 2.32 bits per heavy atom. The van der Waals surface area contributed by atoms with Gasteiger partial charge in [-0.25, -0.2) is 0 Å². The first-order valence-electron chi connectivity index (χ1n) is 8.47. The van der Waals surface area contributed by atoms with Crippen molar-refractivity contribution in [3.63, 3.8) is 0 Å². The molecule has 0 radical (unpaired) electrons. The summed E-state index contributed by atoms with van der Waals surface area (Å²) in [5.41, 5.74) is 1.24. The van der Waals surface area contributed by atoms with Gasteiger partial charge >= 0.3 is 0 Å². The number of carbonyl (C=O) groups is 1. The van der Waals surface area contributed by atoms with E-state index in [1.165, 1.54) is 5.56 Å². The molecule has 1 aliphatic heterocycles. The highest BCUT2D eigenvalue weighted by Gasteiger charge is 2.24. The zero-order valence-corrected chi connectivity index (χ0v) is 13.9. The number of carbonyl (C=O) groups excluding carboxylic acids is 1. The molecule has 0 aliphatic carbocycles. The van der Waals surface area contributed by atoms with Crippen LogP contribution in [0.1, 0.15) is 32.3 Å². The summed E-state index contributed by atoms with van der Waals surface area (Å²) in [6.07, 6.45) is 6.29. The monoisotopic (exact) mass is 300 g/mol. The van der Waals surface area contributed by atoms with Crippen LogP contribution in [0.25, 0.3) is 6.08 Å². The van der Waals surface area contributed by atoms with E-state index in [-0.39, 0.29) is 5.92 Å². The molecule has 0 bridgehead atoms. The van der Waals surface area contributed by atoms with E-state index in [1.807, 2.05) is 6.07 Å². The van der Waals surface area contributed by atoms with Crippen molar-refractivity contribution in [1.29, 1.82) is 0 Å². The van der Waals surface area contributed by atoms with Crippen molar-refractivity contribution in [2.45, 2.75) is 26.7 Å². The lowest BCUT2D eigenvalue weighted by Crippen LogP contribution is -2.50. The second kappa shape index (κ2) is 8.74. The van der Waals surface area contributed by atoms with E-state index in [0.29, 0.717) is 5.91 Å². The minimum atomic E-state index is 0.213. The molecule has 2 rings (SSSR count). The Kier molecular flexibility index (Phi) is 6.66. The number of amides is 1. The highest BCUT2D eigenvalue weighted by molar-refractivity contribution is 5.78. The zero-order valence-electron chi connectivity index (χ0n) is 13.9. The molecular formula is C19H28N2O. The number of rotatable bonds is 6. The van der Waals surface area contributed by atoms with Gasteiger partial charge in [-0.2, -0.15) is 0 Å². The summed E-state index contributed by atoms with van der Waals surface area (Å²) in [7, 11) is 0. The fraction of sp³-hybridized carbons (Fsp3) is 0.526. The second-order valence-electron chi connectivity index (χ2n) is 5.95. The molecule has 22 heavy (non-hydrogen) atoms. The first kappa shape index (κ1) is 16.8. The van der Waals surface area contributed by atoms with E-state index >= 15 is 0 Å². The largest absolute Gasteiger partial charge is 0.340 e. The van der Waals surface area contributed by atoms with Gasteiger partial charge in [0.15, 0.2) is 0 Å². The topological polar surface area (TPSA) is 23.6 Å². The molecule has 1 fully saturated rings. The third kappa shape index (κ3) is 4.70.